The number of ether oxygens (including phenoxy) is 1. The van der Waals surface area contributed by atoms with Crippen LogP contribution in [0.2, 0.25) is 0 Å². The van der Waals surface area contributed by atoms with E-state index in [0.717, 1.165) is 6.92 Å². The lowest BCUT2D eigenvalue weighted by Gasteiger charge is -2.27. The molecule has 66 valence electrons. The van der Waals surface area contributed by atoms with E-state index in [1.165, 1.54) is 0 Å². The molecule has 0 saturated carbocycles. The highest BCUT2D eigenvalue weighted by Crippen LogP contribution is 2.20. The molecule has 0 bridgehead atoms. The summed E-state index contributed by atoms with van der Waals surface area (Å²) in [5, 5.41) is 0. The highest BCUT2D eigenvalue weighted by Gasteiger charge is 2.36. The molecule has 0 aliphatic heterocycles. The number of halogens is 1. The third-order valence-corrected chi connectivity index (χ3v) is 0.938. The first kappa shape index (κ1) is 10.4. The van der Waals surface area contributed by atoms with Crippen molar-refractivity contribution in [3.8, 4) is 0 Å². The second-order valence-corrected chi connectivity index (χ2v) is 3.50. The average molecular weight is 163 g/mol. The Hall–Kier alpha value is -0.640. The summed E-state index contributed by atoms with van der Waals surface area (Å²) in [5.74, 6) is -3.48. The molecule has 1 amide bonds. The van der Waals surface area contributed by atoms with Crippen molar-refractivity contribution in [3.63, 3.8) is 0 Å². The van der Waals surface area contributed by atoms with E-state index in [4.69, 9.17) is 10.5 Å². The Labute approximate surface area is 65.7 Å². The van der Waals surface area contributed by atoms with Gasteiger partial charge in [0.25, 0.3) is 11.8 Å². The lowest BCUT2D eigenvalue weighted by Crippen LogP contribution is -2.44. The minimum atomic E-state index is -2.38. The van der Waals surface area contributed by atoms with Gasteiger partial charge in [0.05, 0.1) is 5.60 Å². The fraction of sp³-hybridized carbons (Fsp3) is 0.857. The van der Waals surface area contributed by atoms with Gasteiger partial charge < -0.3 is 10.5 Å². The summed E-state index contributed by atoms with van der Waals surface area (Å²) in [6, 6.07) is 0. The molecule has 0 aromatic heterocycles. The van der Waals surface area contributed by atoms with Gasteiger partial charge in [-0.25, -0.2) is 4.39 Å². The van der Waals surface area contributed by atoms with Gasteiger partial charge in [0.15, 0.2) is 0 Å². The van der Waals surface area contributed by atoms with Crippen molar-refractivity contribution >= 4 is 5.91 Å². The third-order valence-electron chi connectivity index (χ3n) is 0.938. The van der Waals surface area contributed by atoms with E-state index < -0.39 is 17.4 Å². The van der Waals surface area contributed by atoms with Gasteiger partial charge >= 0.3 is 0 Å². The van der Waals surface area contributed by atoms with Gasteiger partial charge in [0.2, 0.25) is 0 Å². The van der Waals surface area contributed by atoms with Crippen molar-refractivity contribution in [1.82, 2.24) is 0 Å². The largest absolute Gasteiger partial charge is 0.365 e. The van der Waals surface area contributed by atoms with Crippen molar-refractivity contribution in [3.05, 3.63) is 0 Å². The minimum Gasteiger partial charge on any atom is -0.365 e. The number of hydrogen-bond acceptors (Lipinski definition) is 2. The Morgan fingerprint density at radius 2 is 1.73 bits per heavy atom. The van der Waals surface area contributed by atoms with Crippen LogP contribution in [0.3, 0.4) is 0 Å². The van der Waals surface area contributed by atoms with Gasteiger partial charge in [-0.05, 0) is 20.8 Å². The lowest BCUT2D eigenvalue weighted by atomic mass is 10.2. The maximum absolute atomic E-state index is 13.0. The Bertz CT molecular complexity index is 160. The second kappa shape index (κ2) is 2.77. The molecule has 0 radical (unpaired) electrons. The summed E-state index contributed by atoms with van der Waals surface area (Å²) < 4.78 is 17.8. The molecule has 0 rings (SSSR count). The number of rotatable bonds is 2. The average Bonchev–Trinajstić information content (AvgIpc) is 1.56. The molecule has 11 heavy (non-hydrogen) atoms. The van der Waals surface area contributed by atoms with E-state index in [2.05, 4.69) is 0 Å². The van der Waals surface area contributed by atoms with E-state index in [-0.39, 0.29) is 0 Å². The zero-order valence-electron chi connectivity index (χ0n) is 7.27. The smallest absolute Gasteiger partial charge is 0.286 e. The SMILES string of the molecule is CC(C)(C)OC(C)(F)C(N)=O. The molecule has 0 aliphatic rings. The van der Waals surface area contributed by atoms with Gasteiger partial charge in [-0.3, -0.25) is 4.79 Å². The lowest BCUT2D eigenvalue weighted by molar-refractivity contribution is -0.199. The first-order chi connectivity index (χ1) is 4.65. The first-order valence-electron chi connectivity index (χ1n) is 3.34. The molecule has 0 saturated heterocycles. The van der Waals surface area contributed by atoms with Crippen molar-refractivity contribution in [2.24, 2.45) is 5.73 Å². The highest BCUT2D eigenvalue weighted by atomic mass is 19.2. The molecule has 3 nitrogen and oxygen atoms in total. The quantitative estimate of drug-likeness (QED) is 0.659. The number of carbonyl (C=O) groups excluding carboxylic acids is 1. The molecular formula is C7H14FNO2. The second-order valence-electron chi connectivity index (χ2n) is 3.50. The van der Waals surface area contributed by atoms with Crippen LogP contribution < -0.4 is 5.73 Å². The molecule has 1 unspecified atom stereocenters. The fourth-order valence-electron chi connectivity index (χ4n) is 0.625. The molecule has 0 aliphatic carbocycles. The van der Waals surface area contributed by atoms with Crippen LogP contribution in [0.5, 0.6) is 0 Å². The predicted octanol–water partition coefficient (Wildman–Crippen LogP) is 0.972. The molecule has 0 heterocycles. The number of hydrogen-bond donors (Lipinski definition) is 1. The van der Waals surface area contributed by atoms with Gasteiger partial charge in [-0.15, -0.1) is 0 Å². The number of alkyl halides is 1. The summed E-state index contributed by atoms with van der Waals surface area (Å²) in [7, 11) is 0. The normalized spacial score (nSPS) is 17.5. The number of primary amides is 1. The van der Waals surface area contributed by atoms with Crippen LogP contribution in [0.25, 0.3) is 0 Å². The summed E-state index contributed by atoms with van der Waals surface area (Å²) in [6.07, 6.45) is 0. The zero-order valence-corrected chi connectivity index (χ0v) is 7.27. The van der Waals surface area contributed by atoms with Crippen molar-refractivity contribution in [1.29, 1.82) is 0 Å². The maximum atomic E-state index is 13.0. The van der Waals surface area contributed by atoms with Gasteiger partial charge in [0, 0.05) is 6.92 Å². The maximum Gasteiger partial charge on any atom is 0.286 e. The van der Waals surface area contributed by atoms with Crippen LogP contribution >= 0.6 is 0 Å². The van der Waals surface area contributed by atoms with E-state index in [9.17, 15) is 9.18 Å². The van der Waals surface area contributed by atoms with Crippen molar-refractivity contribution < 1.29 is 13.9 Å². The van der Waals surface area contributed by atoms with Crippen LogP contribution in [0.15, 0.2) is 0 Å². The van der Waals surface area contributed by atoms with Crippen LogP contribution in [0.4, 0.5) is 4.39 Å². The Kier molecular flexibility index (Phi) is 2.61. The van der Waals surface area contributed by atoms with E-state index in [1.54, 1.807) is 20.8 Å². The topological polar surface area (TPSA) is 52.3 Å². The summed E-state index contributed by atoms with van der Waals surface area (Å²) >= 11 is 0. The van der Waals surface area contributed by atoms with E-state index in [1.807, 2.05) is 0 Å². The standard InChI is InChI=1S/C7H14FNO2/c1-6(2,3)11-7(4,8)5(9)10/h1-4H3,(H2,9,10). The van der Waals surface area contributed by atoms with Gasteiger partial charge in [-0.1, -0.05) is 0 Å². The van der Waals surface area contributed by atoms with Gasteiger partial charge in [0.1, 0.15) is 0 Å². The fourth-order valence-corrected chi connectivity index (χ4v) is 0.625. The molecule has 0 fully saturated rings. The van der Waals surface area contributed by atoms with Crippen molar-refractivity contribution in [2.45, 2.75) is 39.2 Å². The monoisotopic (exact) mass is 163 g/mol. The van der Waals surface area contributed by atoms with E-state index in [0.29, 0.717) is 0 Å². The van der Waals surface area contributed by atoms with Crippen LogP contribution in [0, 0.1) is 0 Å². The number of carbonyl (C=O) groups is 1. The summed E-state index contributed by atoms with van der Waals surface area (Å²) in [5.41, 5.74) is 4.03. The molecule has 0 aromatic carbocycles. The van der Waals surface area contributed by atoms with Crippen LogP contribution in [-0.4, -0.2) is 17.4 Å². The van der Waals surface area contributed by atoms with Gasteiger partial charge in [-0.2, -0.15) is 0 Å². The number of amides is 1. The molecule has 0 spiro atoms. The summed E-state index contributed by atoms with van der Waals surface area (Å²) in [4.78, 5) is 10.4. The third kappa shape index (κ3) is 3.93. The molecule has 0 aromatic rings. The molecule has 4 heteroatoms. The molecule has 1 atom stereocenters. The Morgan fingerprint density at radius 1 is 1.36 bits per heavy atom. The van der Waals surface area contributed by atoms with E-state index >= 15 is 0 Å². The van der Waals surface area contributed by atoms with Crippen molar-refractivity contribution in [2.75, 3.05) is 0 Å². The zero-order chi connectivity index (χ0) is 9.28. The highest BCUT2D eigenvalue weighted by molar-refractivity contribution is 5.81. The van der Waals surface area contributed by atoms with Crippen LogP contribution in [0.1, 0.15) is 27.7 Å². The number of nitrogens with two attached hydrogens (primary N) is 1. The molecular weight excluding hydrogens is 149 g/mol. The minimum absolute atomic E-state index is 0.710. The first-order valence-corrected chi connectivity index (χ1v) is 3.34. The van der Waals surface area contributed by atoms with Crippen LogP contribution in [-0.2, 0) is 9.53 Å². The molecule has 2 N–H and O–H groups in total. The predicted molar refractivity (Wildman–Crippen MR) is 39.5 cm³/mol. The summed E-state index contributed by atoms with van der Waals surface area (Å²) in [6.45, 7) is 5.94. The Morgan fingerprint density at radius 3 is 1.82 bits per heavy atom. The Balaban J connectivity index is 4.25.